The van der Waals surface area contributed by atoms with Crippen LogP contribution in [-0.4, -0.2) is 57.3 Å². The summed E-state index contributed by atoms with van der Waals surface area (Å²) in [7, 11) is 0. The Balaban J connectivity index is 1.51. The molecule has 7 heteroatoms. The molecule has 0 atom stereocenters. The van der Waals surface area contributed by atoms with Gasteiger partial charge in [0.25, 0.3) is 5.91 Å². The van der Waals surface area contributed by atoms with Crippen molar-refractivity contribution in [3.8, 4) is 0 Å². The first-order chi connectivity index (χ1) is 14.5. The van der Waals surface area contributed by atoms with Crippen LogP contribution in [0.5, 0.6) is 0 Å². The first-order valence-corrected chi connectivity index (χ1v) is 10.4. The second kappa shape index (κ2) is 8.67. The van der Waals surface area contributed by atoms with Crippen LogP contribution in [-0.2, 0) is 17.9 Å². The molecule has 7 nitrogen and oxygen atoms in total. The zero-order chi connectivity index (χ0) is 21.1. The highest BCUT2D eigenvalue weighted by atomic mass is 16.2. The van der Waals surface area contributed by atoms with Crippen LogP contribution in [0.15, 0.2) is 48.5 Å². The molecule has 3 aromatic rings. The van der Waals surface area contributed by atoms with E-state index >= 15 is 0 Å². The summed E-state index contributed by atoms with van der Waals surface area (Å²) < 4.78 is 2.22. The molecule has 156 valence electrons. The number of hydrogen-bond donors (Lipinski definition) is 1. The van der Waals surface area contributed by atoms with Gasteiger partial charge in [-0.05, 0) is 37.3 Å². The van der Waals surface area contributed by atoms with Gasteiger partial charge in [0.1, 0.15) is 5.82 Å². The normalized spacial score (nSPS) is 14.8. The van der Waals surface area contributed by atoms with Crippen LogP contribution < -0.4 is 5.32 Å². The summed E-state index contributed by atoms with van der Waals surface area (Å²) in [6, 6.07) is 15.1. The molecular weight excluding hydrogens is 378 g/mol. The molecule has 0 radical (unpaired) electrons. The third kappa shape index (κ3) is 4.21. The van der Waals surface area contributed by atoms with E-state index in [-0.39, 0.29) is 11.8 Å². The lowest BCUT2D eigenvalue weighted by Crippen LogP contribution is -2.47. The van der Waals surface area contributed by atoms with Gasteiger partial charge in [-0.3, -0.25) is 14.5 Å². The Morgan fingerprint density at radius 2 is 1.77 bits per heavy atom. The van der Waals surface area contributed by atoms with Crippen LogP contribution >= 0.6 is 0 Å². The van der Waals surface area contributed by atoms with Crippen molar-refractivity contribution in [1.29, 1.82) is 0 Å². The van der Waals surface area contributed by atoms with Crippen molar-refractivity contribution < 1.29 is 9.59 Å². The lowest BCUT2D eigenvalue weighted by Gasteiger charge is -2.33. The lowest BCUT2D eigenvalue weighted by atomic mass is 10.2. The maximum Gasteiger partial charge on any atom is 0.255 e. The molecule has 1 aliphatic rings. The molecule has 0 aliphatic carbocycles. The number of rotatable bonds is 5. The number of anilines is 1. The van der Waals surface area contributed by atoms with Crippen molar-refractivity contribution in [1.82, 2.24) is 19.4 Å². The van der Waals surface area contributed by atoms with Gasteiger partial charge in [-0.15, -0.1) is 0 Å². The molecule has 4 rings (SSSR count). The molecule has 2 heterocycles. The van der Waals surface area contributed by atoms with E-state index in [4.69, 9.17) is 4.98 Å². The number of nitrogens with zero attached hydrogens (tertiary/aromatic N) is 4. The fraction of sp³-hybridized carbons (Fsp3) is 0.348. The molecule has 1 saturated heterocycles. The number of aryl methyl sites for hydroxylation is 1. The summed E-state index contributed by atoms with van der Waals surface area (Å²) in [6.07, 6.45) is 0. The highest BCUT2D eigenvalue weighted by Crippen LogP contribution is 2.22. The van der Waals surface area contributed by atoms with Crippen LogP contribution in [0.2, 0.25) is 0 Å². The quantitative estimate of drug-likeness (QED) is 0.709. The van der Waals surface area contributed by atoms with Crippen molar-refractivity contribution in [2.45, 2.75) is 26.9 Å². The number of amides is 2. The Hall–Kier alpha value is -3.19. The van der Waals surface area contributed by atoms with Gasteiger partial charge in [0.05, 0.1) is 17.6 Å². The first kappa shape index (κ1) is 20.1. The van der Waals surface area contributed by atoms with Gasteiger partial charge in [-0.2, -0.15) is 0 Å². The highest BCUT2D eigenvalue weighted by molar-refractivity contribution is 6.04. The highest BCUT2D eigenvalue weighted by Gasteiger charge is 2.21. The fourth-order valence-corrected chi connectivity index (χ4v) is 3.94. The third-order valence-electron chi connectivity index (χ3n) is 5.62. The molecule has 30 heavy (non-hydrogen) atoms. The van der Waals surface area contributed by atoms with Gasteiger partial charge in [0.15, 0.2) is 0 Å². The molecule has 0 unspecified atom stereocenters. The summed E-state index contributed by atoms with van der Waals surface area (Å²) in [6.45, 7) is 8.54. The molecular formula is C23H27N5O2. The predicted molar refractivity (Wildman–Crippen MR) is 117 cm³/mol. The zero-order valence-corrected chi connectivity index (χ0v) is 17.5. The van der Waals surface area contributed by atoms with Crippen LogP contribution in [0, 0.1) is 0 Å². The van der Waals surface area contributed by atoms with Crippen LogP contribution in [0.3, 0.4) is 0 Å². The number of piperazine rings is 1. The number of imidazole rings is 1. The number of fused-ring (bicyclic) bond motifs is 1. The summed E-state index contributed by atoms with van der Waals surface area (Å²) in [5, 5.41) is 2.96. The minimum Gasteiger partial charge on any atom is -0.340 e. The number of hydrogen-bond acceptors (Lipinski definition) is 4. The van der Waals surface area contributed by atoms with Crippen molar-refractivity contribution in [3.63, 3.8) is 0 Å². The molecule has 1 fully saturated rings. The SMILES string of the molecule is CCn1c(CN2CCN(C(C)=O)CC2)nc2cc(NC(=O)c3ccccc3)ccc21. The topological polar surface area (TPSA) is 70.5 Å². The van der Waals surface area contributed by atoms with Gasteiger partial charge >= 0.3 is 0 Å². The lowest BCUT2D eigenvalue weighted by molar-refractivity contribution is -0.130. The first-order valence-electron chi connectivity index (χ1n) is 10.4. The Morgan fingerprint density at radius 3 is 2.43 bits per heavy atom. The number of carbonyl (C=O) groups excluding carboxylic acids is 2. The molecule has 1 aromatic heterocycles. The van der Waals surface area contributed by atoms with Gasteiger partial charge in [-0.25, -0.2) is 4.98 Å². The summed E-state index contributed by atoms with van der Waals surface area (Å²) in [5.74, 6) is 1.02. The largest absolute Gasteiger partial charge is 0.340 e. The molecule has 1 N–H and O–H groups in total. The monoisotopic (exact) mass is 405 g/mol. The fourth-order valence-electron chi connectivity index (χ4n) is 3.94. The third-order valence-corrected chi connectivity index (χ3v) is 5.62. The summed E-state index contributed by atoms with van der Waals surface area (Å²) in [5.41, 5.74) is 3.30. The van der Waals surface area contributed by atoms with Crippen molar-refractivity contribution in [2.75, 3.05) is 31.5 Å². The van der Waals surface area contributed by atoms with Gasteiger partial charge < -0.3 is 14.8 Å². The molecule has 1 aliphatic heterocycles. The van der Waals surface area contributed by atoms with Crippen LogP contribution in [0.1, 0.15) is 30.0 Å². The maximum absolute atomic E-state index is 12.4. The predicted octanol–water partition coefficient (Wildman–Crippen LogP) is 2.97. The van der Waals surface area contributed by atoms with E-state index in [1.54, 1.807) is 19.1 Å². The Bertz CT molecular complexity index is 1050. The number of aromatic nitrogens is 2. The van der Waals surface area contributed by atoms with E-state index in [1.807, 2.05) is 41.3 Å². The summed E-state index contributed by atoms with van der Waals surface area (Å²) >= 11 is 0. The second-order valence-corrected chi connectivity index (χ2v) is 7.58. The van der Waals surface area contributed by atoms with Crippen molar-refractivity contribution >= 4 is 28.5 Å². The van der Waals surface area contributed by atoms with Gasteiger partial charge in [0.2, 0.25) is 5.91 Å². The second-order valence-electron chi connectivity index (χ2n) is 7.58. The van der Waals surface area contributed by atoms with E-state index < -0.39 is 0 Å². The van der Waals surface area contributed by atoms with Crippen LogP contribution in [0.4, 0.5) is 5.69 Å². The minimum absolute atomic E-state index is 0.131. The van der Waals surface area contributed by atoms with Gasteiger partial charge in [0, 0.05) is 50.9 Å². The van der Waals surface area contributed by atoms with E-state index in [1.165, 1.54) is 0 Å². The molecule has 0 saturated carbocycles. The number of benzene rings is 2. The molecule has 2 amide bonds. The van der Waals surface area contributed by atoms with E-state index in [9.17, 15) is 9.59 Å². The average molecular weight is 406 g/mol. The van der Waals surface area contributed by atoms with Crippen LogP contribution in [0.25, 0.3) is 11.0 Å². The zero-order valence-electron chi connectivity index (χ0n) is 17.5. The Labute approximate surface area is 176 Å². The average Bonchev–Trinajstić information content (AvgIpc) is 3.10. The van der Waals surface area contributed by atoms with E-state index in [2.05, 4.69) is 21.7 Å². The molecule has 2 aromatic carbocycles. The van der Waals surface area contributed by atoms with Gasteiger partial charge in [-0.1, -0.05) is 18.2 Å². The Kier molecular flexibility index (Phi) is 5.81. The maximum atomic E-state index is 12.4. The molecule has 0 spiro atoms. The van der Waals surface area contributed by atoms with E-state index in [0.29, 0.717) is 5.56 Å². The standard InChI is InChI=1S/C23H27N5O2/c1-3-28-21-10-9-19(24-23(30)18-7-5-4-6-8-18)15-20(21)25-22(28)16-26-11-13-27(14-12-26)17(2)29/h4-10,15H,3,11-14,16H2,1-2H3,(H,24,30). The summed E-state index contributed by atoms with van der Waals surface area (Å²) in [4.78, 5) is 33.1. The Morgan fingerprint density at radius 1 is 1.03 bits per heavy atom. The van der Waals surface area contributed by atoms with Crippen molar-refractivity contribution in [2.24, 2.45) is 0 Å². The smallest absolute Gasteiger partial charge is 0.255 e. The number of carbonyl (C=O) groups is 2. The minimum atomic E-state index is -0.131. The number of nitrogens with one attached hydrogen (secondary N) is 1. The molecule has 0 bridgehead atoms. The van der Waals surface area contributed by atoms with E-state index in [0.717, 1.165) is 61.8 Å². The van der Waals surface area contributed by atoms with Crippen molar-refractivity contribution in [3.05, 3.63) is 59.9 Å².